The number of hydrogen-bond acceptors (Lipinski definition) is 4. The van der Waals surface area contributed by atoms with E-state index in [1.807, 2.05) is 29.2 Å². The monoisotopic (exact) mass is 469 g/mol. The van der Waals surface area contributed by atoms with Crippen LogP contribution in [0.5, 0.6) is 0 Å². The lowest BCUT2D eigenvalue weighted by molar-refractivity contribution is -0.141. The van der Waals surface area contributed by atoms with Crippen LogP contribution in [-0.4, -0.2) is 38.2 Å². The van der Waals surface area contributed by atoms with Crippen LogP contribution < -0.4 is 10.5 Å². The maximum Gasteiger partial charge on any atom is 0.238 e. The van der Waals surface area contributed by atoms with E-state index in [-0.39, 0.29) is 28.5 Å². The summed E-state index contributed by atoms with van der Waals surface area (Å²) in [7, 11) is -3.83. The van der Waals surface area contributed by atoms with E-state index < -0.39 is 10.0 Å². The van der Waals surface area contributed by atoms with Gasteiger partial charge < -0.3 is 10.2 Å². The van der Waals surface area contributed by atoms with Crippen molar-refractivity contribution in [3.63, 3.8) is 0 Å². The molecule has 33 heavy (non-hydrogen) atoms. The van der Waals surface area contributed by atoms with Crippen molar-refractivity contribution in [3.8, 4) is 11.1 Å². The zero-order valence-electron chi connectivity index (χ0n) is 18.7. The Morgan fingerprint density at radius 2 is 1.58 bits per heavy atom. The highest BCUT2D eigenvalue weighted by molar-refractivity contribution is 7.89. The summed E-state index contributed by atoms with van der Waals surface area (Å²) in [6.45, 7) is 1.98. The maximum atomic E-state index is 13.0. The Labute approximate surface area is 195 Å². The molecular weight excluding hydrogens is 438 g/mol. The Hall–Kier alpha value is -2.71. The zero-order valence-corrected chi connectivity index (χ0v) is 19.5. The molecule has 0 aromatic heterocycles. The first-order valence-corrected chi connectivity index (χ1v) is 13.2. The lowest BCUT2D eigenvalue weighted by atomic mass is 9.92. The molecule has 2 atom stereocenters. The largest absolute Gasteiger partial charge is 0.352 e. The van der Waals surface area contributed by atoms with Crippen LogP contribution in [0.25, 0.3) is 11.1 Å². The Balaban J connectivity index is 1.38. The first kappa shape index (κ1) is 23.4. The summed E-state index contributed by atoms with van der Waals surface area (Å²) in [4.78, 5) is 27.9. The van der Waals surface area contributed by atoms with Crippen molar-refractivity contribution in [1.29, 1.82) is 0 Å². The second-order valence-electron chi connectivity index (χ2n) is 8.99. The third kappa shape index (κ3) is 5.45. The molecule has 2 aromatic carbocycles. The van der Waals surface area contributed by atoms with Gasteiger partial charge in [0.25, 0.3) is 0 Å². The molecule has 1 heterocycles. The second-order valence-corrected chi connectivity index (χ2v) is 10.5. The average molecular weight is 470 g/mol. The number of sulfonamides is 1. The fraction of sp³-hybridized carbons (Fsp3) is 0.440. The second kappa shape index (κ2) is 10.1. The van der Waals surface area contributed by atoms with Crippen molar-refractivity contribution < 1.29 is 18.0 Å². The lowest BCUT2D eigenvalue weighted by Gasteiger charge is -2.31. The Morgan fingerprint density at radius 1 is 0.909 bits per heavy atom. The molecule has 8 heteroatoms. The number of nitrogens with one attached hydrogen (secondary N) is 1. The van der Waals surface area contributed by atoms with Crippen LogP contribution in [0.3, 0.4) is 0 Å². The summed E-state index contributed by atoms with van der Waals surface area (Å²) >= 11 is 0. The van der Waals surface area contributed by atoms with Crippen molar-refractivity contribution in [2.45, 2.75) is 50.0 Å². The van der Waals surface area contributed by atoms with E-state index >= 15 is 0 Å². The molecule has 2 amide bonds. The number of likely N-dealkylation sites (tertiary alicyclic amines) is 1. The van der Waals surface area contributed by atoms with Crippen molar-refractivity contribution in [1.82, 2.24) is 10.2 Å². The smallest absolute Gasteiger partial charge is 0.238 e. The molecule has 1 aliphatic heterocycles. The van der Waals surface area contributed by atoms with Crippen LogP contribution in [0, 0.1) is 11.8 Å². The van der Waals surface area contributed by atoms with Gasteiger partial charge in [-0.2, -0.15) is 0 Å². The molecule has 0 radical (unpaired) electrons. The summed E-state index contributed by atoms with van der Waals surface area (Å²) in [5, 5.41) is 8.34. The number of carbonyl (C=O) groups excluding carboxylic acids is 2. The number of primary sulfonamides is 1. The molecule has 1 aliphatic carbocycles. The number of nitrogens with two attached hydrogens (primary N) is 1. The fourth-order valence-corrected chi connectivity index (χ4v) is 5.75. The van der Waals surface area contributed by atoms with Gasteiger partial charge in [-0.15, -0.1) is 0 Å². The molecule has 4 rings (SSSR count). The highest BCUT2D eigenvalue weighted by atomic mass is 32.2. The SMILES string of the molecule is NS(=O)(=O)c1ccccc1-c1ccc(CNC(=O)[C@@H]2CCC[C@H]2C(=O)N2CCCCC2)cc1. The summed E-state index contributed by atoms with van der Waals surface area (Å²) in [6, 6.07) is 14.0. The summed E-state index contributed by atoms with van der Waals surface area (Å²) < 4.78 is 23.8. The molecule has 176 valence electrons. The average Bonchev–Trinajstić information content (AvgIpc) is 3.32. The topological polar surface area (TPSA) is 110 Å². The third-order valence-electron chi connectivity index (χ3n) is 6.76. The summed E-state index contributed by atoms with van der Waals surface area (Å²) in [5.74, 6) is -0.391. The molecule has 2 aromatic rings. The van der Waals surface area contributed by atoms with Crippen molar-refractivity contribution in [2.75, 3.05) is 13.1 Å². The fourth-order valence-electron chi connectivity index (χ4n) is 4.99. The molecule has 1 saturated heterocycles. The number of hydrogen-bond donors (Lipinski definition) is 2. The van der Waals surface area contributed by atoms with Crippen molar-refractivity contribution in [3.05, 3.63) is 54.1 Å². The number of carbonyl (C=O) groups is 2. The van der Waals surface area contributed by atoms with Gasteiger partial charge in [0.05, 0.1) is 4.90 Å². The molecule has 3 N–H and O–H groups in total. The number of piperidine rings is 1. The van der Waals surface area contributed by atoms with Crippen LogP contribution in [-0.2, 0) is 26.2 Å². The normalized spacial score (nSPS) is 21.1. The predicted molar refractivity (Wildman–Crippen MR) is 126 cm³/mol. The minimum atomic E-state index is -3.83. The molecule has 2 fully saturated rings. The van der Waals surface area contributed by atoms with Crippen LogP contribution in [0.2, 0.25) is 0 Å². The first-order valence-electron chi connectivity index (χ1n) is 11.6. The van der Waals surface area contributed by atoms with Crippen LogP contribution in [0.1, 0.15) is 44.1 Å². The van der Waals surface area contributed by atoms with Gasteiger partial charge in [-0.1, -0.05) is 48.9 Å². The van der Waals surface area contributed by atoms with Gasteiger partial charge in [0.1, 0.15) is 0 Å². The number of amides is 2. The lowest BCUT2D eigenvalue weighted by Crippen LogP contribution is -2.43. The van der Waals surface area contributed by atoms with Gasteiger partial charge in [-0.25, -0.2) is 13.6 Å². The molecule has 2 aliphatic rings. The standard InChI is InChI=1S/C25H31N3O4S/c26-33(31,32)23-10-3-2-7-20(23)19-13-11-18(12-14-19)17-27-24(29)21-8-6-9-22(21)25(30)28-15-4-1-5-16-28/h2-3,7,10-14,21-22H,1,4-6,8-9,15-17H2,(H,27,29)(H2,26,31,32)/t21-,22-/m1/s1. The quantitative estimate of drug-likeness (QED) is 0.678. The van der Waals surface area contributed by atoms with Crippen molar-refractivity contribution in [2.24, 2.45) is 17.0 Å². The van der Waals surface area contributed by atoms with E-state index in [2.05, 4.69) is 5.32 Å². The van der Waals surface area contributed by atoms with E-state index in [1.54, 1.807) is 18.2 Å². The van der Waals surface area contributed by atoms with Gasteiger partial charge in [-0.05, 0) is 49.3 Å². The molecule has 0 spiro atoms. The van der Waals surface area contributed by atoms with E-state index in [1.165, 1.54) is 12.5 Å². The molecule has 7 nitrogen and oxygen atoms in total. The Kier molecular flexibility index (Phi) is 7.14. The van der Waals surface area contributed by atoms with E-state index in [9.17, 15) is 18.0 Å². The van der Waals surface area contributed by atoms with Crippen molar-refractivity contribution >= 4 is 21.8 Å². The number of rotatable bonds is 6. The minimum Gasteiger partial charge on any atom is -0.352 e. The molecule has 1 saturated carbocycles. The summed E-state index contributed by atoms with van der Waals surface area (Å²) in [6.07, 6.45) is 5.70. The third-order valence-corrected chi connectivity index (χ3v) is 7.73. The van der Waals surface area contributed by atoms with E-state index in [0.29, 0.717) is 12.1 Å². The molecule has 0 bridgehead atoms. The number of nitrogens with zero attached hydrogens (tertiary/aromatic N) is 1. The van der Waals surface area contributed by atoms with Gasteiger partial charge in [0, 0.05) is 37.0 Å². The van der Waals surface area contributed by atoms with E-state index in [0.717, 1.165) is 56.3 Å². The zero-order chi connectivity index (χ0) is 23.4. The van der Waals surface area contributed by atoms with Gasteiger partial charge in [0.15, 0.2) is 0 Å². The van der Waals surface area contributed by atoms with Gasteiger partial charge in [0.2, 0.25) is 21.8 Å². The highest BCUT2D eigenvalue weighted by Crippen LogP contribution is 2.34. The Morgan fingerprint density at radius 3 is 2.27 bits per heavy atom. The molecular formula is C25H31N3O4S. The minimum absolute atomic E-state index is 0.0634. The Bertz CT molecular complexity index is 1110. The highest BCUT2D eigenvalue weighted by Gasteiger charge is 2.39. The summed E-state index contributed by atoms with van der Waals surface area (Å²) in [5.41, 5.74) is 2.18. The maximum absolute atomic E-state index is 13.0. The van der Waals surface area contributed by atoms with Gasteiger partial charge >= 0.3 is 0 Å². The van der Waals surface area contributed by atoms with Crippen LogP contribution in [0.15, 0.2) is 53.4 Å². The van der Waals surface area contributed by atoms with Gasteiger partial charge in [-0.3, -0.25) is 9.59 Å². The van der Waals surface area contributed by atoms with Crippen LogP contribution in [0.4, 0.5) is 0 Å². The molecule has 0 unspecified atom stereocenters. The number of benzene rings is 2. The van der Waals surface area contributed by atoms with E-state index in [4.69, 9.17) is 5.14 Å². The first-order chi connectivity index (χ1) is 15.8. The van der Waals surface area contributed by atoms with Crippen LogP contribution >= 0.6 is 0 Å². The predicted octanol–water partition coefficient (Wildman–Crippen LogP) is 3.05.